The number of para-hydroxylation sites is 2. The zero-order valence-electron chi connectivity index (χ0n) is 19.9. The Bertz CT molecular complexity index is 1620. The molecule has 0 N–H and O–H groups in total. The van der Waals surface area contributed by atoms with E-state index in [9.17, 15) is 9.59 Å². The number of carbonyl (C=O) groups excluding carboxylic acids is 2. The van der Waals surface area contributed by atoms with Crippen molar-refractivity contribution >= 4 is 59.9 Å². The van der Waals surface area contributed by atoms with Crippen molar-refractivity contribution in [1.82, 2.24) is 0 Å². The van der Waals surface area contributed by atoms with Gasteiger partial charge >= 0.3 is 195 Å². The summed E-state index contributed by atoms with van der Waals surface area (Å²) in [6, 6.07) is 17.6. The molecule has 2 aromatic heterocycles. The Morgan fingerprint density at radius 1 is 0.800 bits per heavy atom. The molecule has 4 aromatic rings. The van der Waals surface area contributed by atoms with Gasteiger partial charge in [-0.05, 0) is 0 Å². The summed E-state index contributed by atoms with van der Waals surface area (Å²) in [5.41, 5.74) is 8.83. The van der Waals surface area contributed by atoms with Gasteiger partial charge in [-0.25, -0.2) is 0 Å². The standard InChI is InChI=1S/C30H23NO2SSe/c1-29(2)20-8-5-6-11-24(20)31-25-21(29)9-7-10-22(25)30(3,4)23-13-16(34-28(23)31)12-17-26(32)18-14-35-15-19(18)27(17)33/h5-15H,1-4H3. The number of fused-ring (bicyclic) bond motifs is 5. The van der Waals surface area contributed by atoms with Crippen LogP contribution in [-0.2, 0) is 10.8 Å². The average molecular weight is 541 g/mol. The fraction of sp³-hybridized carbons (Fsp3) is 0.200. The van der Waals surface area contributed by atoms with E-state index in [1.807, 2.05) is 16.0 Å². The fourth-order valence-corrected chi connectivity index (χ4v) is 8.99. The summed E-state index contributed by atoms with van der Waals surface area (Å²) in [4.78, 5) is 33.1. The molecule has 0 saturated carbocycles. The second-order valence-corrected chi connectivity index (χ2v) is 13.2. The molecule has 0 fully saturated rings. The molecule has 2 aliphatic heterocycles. The predicted octanol–water partition coefficient (Wildman–Crippen LogP) is 7.02. The Balaban J connectivity index is 1.47. The van der Waals surface area contributed by atoms with E-state index in [0.29, 0.717) is 16.7 Å². The molecule has 0 bridgehead atoms. The number of anilines is 3. The van der Waals surface area contributed by atoms with Gasteiger partial charge in [0.1, 0.15) is 0 Å². The Kier molecular flexibility index (Phi) is 4.15. The normalized spacial score (nSPS) is 18.2. The molecule has 3 nitrogen and oxygen atoms in total. The molecular formula is C30H23NO2SSe. The Labute approximate surface area is 214 Å². The number of hydrogen-bond acceptors (Lipinski definition) is 4. The summed E-state index contributed by atoms with van der Waals surface area (Å²) in [5.74, 6) is -0.246. The summed E-state index contributed by atoms with van der Waals surface area (Å²) in [7, 11) is 0. The van der Waals surface area contributed by atoms with Crippen LogP contribution >= 0.6 is 11.3 Å². The zero-order chi connectivity index (χ0) is 24.3. The average Bonchev–Trinajstić information content (AvgIpc) is 3.54. The molecule has 0 unspecified atom stereocenters. The van der Waals surface area contributed by atoms with Crippen LogP contribution in [-0.4, -0.2) is 26.1 Å². The second-order valence-electron chi connectivity index (χ2n) is 10.6. The summed E-state index contributed by atoms with van der Waals surface area (Å²) in [6.07, 6.45) is 1.82. The van der Waals surface area contributed by atoms with Gasteiger partial charge in [0.25, 0.3) is 0 Å². The van der Waals surface area contributed by atoms with Crippen LogP contribution in [0.3, 0.4) is 0 Å². The molecule has 0 spiro atoms. The van der Waals surface area contributed by atoms with E-state index in [1.165, 1.54) is 38.6 Å². The van der Waals surface area contributed by atoms with Crippen LogP contribution in [0.15, 0.2) is 64.0 Å². The molecule has 0 radical (unpaired) electrons. The second kappa shape index (κ2) is 6.82. The van der Waals surface area contributed by atoms with Crippen molar-refractivity contribution in [2.75, 3.05) is 4.90 Å². The SMILES string of the molecule is CC1(C)c2ccccc2N2c3sc(C=C4C(=O)c5c[se]cc5C4=O)cc3C(C)(C)c3cccc1c32. The van der Waals surface area contributed by atoms with Gasteiger partial charge in [-0.1, -0.05) is 19.9 Å². The molecule has 3 aliphatic rings. The van der Waals surface area contributed by atoms with Crippen LogP contribution in [0, 0.1) is 0 Å². The number of Topliss-reactive ketones (excluding diaryl/α,β-unsaturated/α-hetero) is 2. The predicted molar refractivity (Wildman–Crippen MR) is 143 cm³/mol. The van der Waals surface area contributed by atoms with Gasteiger partial charge in [-0.15, -0.1) is 0 Å². The summed E-state index contributed by atoms with van der Waals surface area (Å²) in [5, 5.41) is 1.17. The number of nitrogens with zero attached hydrogens (tertiary/aromatic N) is 1. The first-order valence-electron chi connectivity index (χ1n) is 11.8. The van der Waals surface area contributed by atoms with Gasteiger partial charge in [0.2, 0.25) is 0 Å². The van der Waals surface area contributed by atoms with Crippen molar-refractivity contribution in [1.29, 1.82) is 0 Å². The molecule has 4 heterocycles. The fourth-order valence-electron chi connectivity index (χ4n) is 6.01. The third-order valence-electron chi connectivity index (χ3n) is 7.96. The molecule has 0 atom stereocenters. The van der Waals surface area contributed by atoms with E-state index >= 15 is 0 Å². The number of carbonyl (C=O) groups is 2. The molecule has 35 heavy (non-hydrogen) atoms. The summed E-state index contributed by atoms with van der Waals surface area (Å²) in [6.45, 7) is 9.18. The van der Waals surface area contributed by atoms with Crippen LogP contribution in [0.2, 0.25) is 0 Å². The van der Waals surface area contributed by atoms with E-state index in [0.717, 1.165) is 4.88 Å². The Morgan fingerprint density at radius 2 is 1.40 bits per heavy atom. The number of ketones is 2. The molecule has 0 amide bonds. The molecule has 5 heteroatoms. The van der Waals surface area contributed by atoms with Gasteiger partial charge in [0, 0.05) is 0 Å². The Morgan fingerprint density at radius 3 is 2.09 bits per heavy atom. The van der Waals surface area contributed by atoms with Crippen molar-refractivity contribution in [2.45, 2.75) is 38.5 Å². The molecule has 1 aliphatic carbocycles. The number of rotatable bonds is 1. The minimum absolute atomic E-state index is 0.114. The number of benzene rings is 2. The van der Waals surface area contributed by atoms with Gasteiger partial charge < -0.3 is 0 Å². The Hall–Kier alpha value is -2.98. The van der Waals surface area contributed by atoms with Crippen molar-refractivity contribution < 1.29 is 9.59 Å². The van der Waals surface area contributed by atoms with E-state index < -0.39 is 0 Å². The molecular weight excluding hydrogens is 517 g/mol. The van der Waals surface area contributed by atoms with Crippen LogP contribution in [0.25, 0.3) is 6.08 Å². The number of allylic oxidation sites excluding steroid dienone is 1. The van der Waals surface area contributed by atoms with Crippen LogP contribution in [0.4, 0.5) is 16.4 Å². The maximum absolute atomic E-state index is 13.0. The number of thiophene rings is 1. The van der Waals surface area contributed by atoms with Crippen molar-refractivity contribution in [3.63, 3.8) is 0 Å². The van der Waals surface area contributed by atoms with Gasteiger partial charge in [0.05, 0.1) is 0 Å². The van der Waals surface area contributed by atoms with E-state index in [-0.39, 0.29) is 36.9 Å². The topological polar surface area (TPSA) is 37.4 Å². The van der Waals surface area contributed by atoms with Crippen molar-refractivity contribution in [3.05, 3.63) is 102 Å². The molecule has 172 valence electrons. The van der Waals surface area contributed by atoms with E-state index in [4.69, 9.17) is 0 Å². The van der Waals surface area contributed by atoms with Gasteiger partial charge in [0.15, 0.2) is 0 Å². The van der Waals surface area contributed by atoms with Crippen LogP contribution in [0.1, 0.15) is 75.5 Å². The maximum atomic E-state index is 13.0. The van der Waals surface area contributed by atoms with E-state index in [1.54, 1.807) is 11.3 Å². The molecule has 0 saturated heterocycles. The third-order valence-corrected chi connectivity index (χ3v) is 10.6. The molecule has 7 rings (SSSR count). The monoisotopic (exact) mass is 541 g/mol. The van der Waals surface area contributed by atoms with Crippen LogP contribution in [0.5, 0.6) is 0 Å². The van der Waals surface area contributed by atoms with Gasteiger partial charge in [-0.3, -0.25) is 0 Å². The third kappa shape index (κ3) is 2.61. The number of hydrogen-bond donors (Lipinski definition) is 0. The minimum atomic E-state index is -0.208. The first kappa shape index (κ1) is 21.3. The van der Waals surface area contributed by atoms with Crippen molar-refractivity contribution in [2.24, 2.45) is 0 Å². The first-order valence-corrected chi connectivity index (χ1v) is 14.6. The summed E-state index contributed by atoms with van der Waals surface area (Å²) < 4.78 is 0. The quantitative estimate of drug-likeness (QED) is 0.148. The van der Waals surface area contributed by atoms with Crippen molar-refractivity contribution in [3.8, 4) is 0 Å². The van der Waals surface area contributed by atoms with E-state index in [2.05, 4.69) is 81.1 Å². The summed E-state index contributed by atoms with van der Waals surface area (Å²) >= 11 is 1.79. The first-order chi connectivity index (χ1) is 16.7. The molecule has 2 aromatic carbocycles. The zero-order valence-corrected chi connectivity index (χ0v) is 22.5. The van der Waals surface area contributed by atoms with Crippen LogP contribution < -0.4 is 4.90 Å². The van der Waals surface area contributed by atoms with Gasteiger partial charge in [-0.2, -0.15) is 0 Å².